The smallest absolute Gasteiger partial charge is 0.463 e. The van der Waals surface area contributed by atoms with Crippen LogP contribution in [0.4, 0.5) is 5.69 Å². The quantitative estimate of drug-likeness (QED) is 0.267. The van der Waals surface area contributed by atoms with Crippen molar-refractivity contribution in [2.24, 2.45) is 0 Å². The summed E-state index contributed by atoms with van der Waals surface area (Å²) in [5.41, 5.74) is 8.48. The number of nitrogens with zero attached hydrogens (tertiary/aromatic N) is 3. The van der Waals surface area contributed by atoms with Gasteiger partial charge in [0.15, 0.2) is 0 Å². The molecule has 0 spiro atoms. The molecule has 2 aromatic carbocycles. The Morgan fingerprint density at radius 3 is 2.08 bits per heavy atom. The first kappa shape index (κ1) is 18.6. The van der Waals surface area contributed by atoms with E-state index in [1.54, 1.807) is 30.3 Å². The number of carbonyl (C=O) groups is 3. The van der Waals surface area contributed by atoms with Gasteiger partial charge in [0, 0.05) is 5.56 Å². The van der Waals surface area contributed by atoms with Crippen LogP contribution < -0.4 is 9.64 Å². The zero-order valence-corrected chi connectivity index (χ0v) is 14.1. The maximum atomic E-state index is 12.9. The normalized spacial score (nSPS) is 9.62. The van der Waals surface area contributed by atoms with Crippen LogP contribution in [0.3, 0.4) is 0 Å². The third-order valence-electron chi connectivity index (χ3n) is 3.44. The molecular formula is C18H15N3O5. The molecule has 0 radical (unpaired) electrons. The summed E-state index contributed by atoms with van der Waals surface area (Å²) in [5, 5.41) is 0. The second-order valence-electron chi connectivity index (χ2n) is 4.95. The van der Waals surface area contributed by atoms with E-state index in [1.165, 1.54) is 31.4 Å². The van der Waals surface area contributed by atoms with Crippen molar-refractivity contribution in [2.75, 3.05) is 19.1 Å². The van der Waals surface area contributed by atoms with Gasteiger partial charge in [-0.25, -0.2) is 9.69 Å². The summed E-state index contributed by atoms with van der Waals surface area (Å²) < 4.78 is 9.46. The summed E-state index contributed by atoms with van der Waals surface area (Å²) in [6, 6.07) is 14.0. The van der Waals surface area contributed by atoms with Crippen LogP contribution in [0.25, 0.3) is 5.53 Å². The summed E-state index contributed by atoms with van der Waals surface area (Å²) in [6.45, 7) is 0. The standard InChI is InChI=1S/C18H15N3O5/c1-25-14-10-8-12(9-11-14)16(22)21(13-6-4-3-5-7-13)17(23)15(20-19)18(24)26-2/h3-11H,1-2H3. The summed E-state index contributed by atoms with van der Waals surface area (Å²) in [5.74, 6) is -2.47. The van der Waals surface area contributed by atoms with Crippen LogP contribution in [0.15, 0.2) is 54.6 Å². The zero-order chi connectivity index (χ0) is 19.1. The van der Waals surface area contributed by atoms with Gasteiger partial charge in [-0.2, -0.15) is 4.79 Å². The molecule has 2 amide bonds. The molecule has 0 unspecified atom stereocenters. The Bertz CT molecular complexity index is 871. The molecule has 0 heterocycles. The van der Waals surface area contributed by atoms with Gasteiger partial charge in [0.05, 0.1) is 19.9 Å². The molecule has 0 saturated heterocycles. The van der Waals surface area contributed by atoms with Gasteiger partial charge in [-0.15, -0.1) is 0 Å². The number of hydrogen-bond acceptors (Lipinski definition) is 5. The predicted octanol–water partition coefficient (Wildman–Crippen LogP) is 1.71. The van der Waals surface area contributed by atoms with Crippen molar-refractivity contribution in [3.8, 4) is 5.75 Å². The Labute approximate surface area is 149 Å². The minimum absolute atomic E-state index is 0.171. The lowest BCUT2D eigenvalue weighted by Crippen LogP contribution is -2.44. The monoisotopic (exact) mass is 353 g/mol. The SMILES string of the molecule is COC(=O)C(=[N+]=[N-])C(=O)N(C(=O)c1ccc(OC)cc1)c1ccccc1. The van der Waals surface area contributed by atoms with E-state index >= 15 is 0 Å². The number of hydrogen-bond donors (Lipinski definition) is 0. The van der Waals surface area contributed by atoms with E-state index in [0.29, 0.717) is 5.75 Å². The molecule has 0 atom stereocenters. The molecule has 0 bridgehead atoms. The first-order valence-corrected chi connectivity index (χ1v) is 7.41. The number of amides is 2. The summed E-state index contributed by atoms with van der Waals surface area (Å²) in [4.78, 5) is 40.7. The summed E-state index contributed by atoms with van der Waals surface area (Å²) in [7, 11) is 2.51. The number of carbonyl (C=O) groups excluding carboxylic acids is 3. The van der Waals surface area contributed by atoms with E-state index < -0.39 is 23.5 Å². The highest BCUT2D eigenvalue weighted by atomic mass is 16.5. The minimum atomic E-state index is -1.17. The average Bonchev–Trinajstić information content (AvgIpc) is 2.69. The van der Waals surface area contributed by atoms with Gasteiger partial charge in [-0.3, -0.25) is 9.59 Å². The molecule has 132 valence electrons. The fraction of sp³-hybridized carbons (Fsp3) is 0.111. The number of imide groups is 1. The molecule has 0 fully saturated rings. The number of methoxy groups -OCH3 is 2. The van der Waals surface area contributed by atoms with Crippen LogP contribution in [0, 0.1) is 0 Å². The van der Waals surface area contributed by atoms with E-state index in [0.717, 1.165) is 12.0 Å². The van der Waals surface area contributed by atoms with Crippen LogP contribution in [0.1, 0.15) is 10.4 Å². The molecule has 0 aromatic heterocycles. The number of esters is 1. The molecule has 0 aliphatic carbocycles. The Kier molecular flexibility index (Phi) is 5.97. The van der Waals surface area contributed by atoms with Crippen LogP contribution in [0.2, 0.25) is 0 Å². The number of anilines is 1. The van der Waals surface area contributed by atoms with Crippen molar-refractivity contribution in [3.63, 3.8) is 0 Å². The summed E-state index contributed by atoms with van der Waals surface area (Å²) in [6.07, 6.45) is 0. The molecule has 0 saturated carbocycles. The molecule has 8 heteroatoms. The van der Waals surface area contributed by atoms with Crippen LogP contribution in [0.5, 0.6) is 5.75 Å². The van der Waals surface area contributed by atoms with Gasteiger partial charge in [-0.05, 0) is 36.4 Å². The predicted molar refractivity (Wildman–Crippen MR) is 91.9 cm³/mol. The van der Waals surface area contributed by atoms with Gasteiger partial charge < -0.3 is 15.0 Å². The Morgan fingerprint density at radius 2 is 1.58 bits per heavy atom. The van der Waals surface area contributed by atoms with Crippen molar-refractivity contribution in [1.29, 1.82) is 0 Å². The first-order valence-electron chi connectivity index (χ1n) is 7.41. The molecule has 26 heavy (non-hydrogen) atoms. The fourth-order valence-electron chi connectivity index (χ4n) is 2.14. The third-order valence-corrected chi connectivity index (χ3v) is 3.44. The topological polar surface area (TPSA) is 109 Å². The number of benzene rings is 2. The Hall–Kier alpha value is -3.77. The largest absolute Gasteiger partial charge is 0.497 e. The molecule has 2 rings (SSSR count). The lowest BCUT2D eigenvalue weighted by atomic mass is 10.1. The average molecular weight is 353 g/mol. The fourth-order valence-corrected chi connectivity index (χ4v) is 2.14. The minimum Gasteiger partial charge on any atom is -0.497 e. The highest BCUT2D eigenvalue weighted by Crippen LogP contribution is 2.19. The second-order valence-corrected chi connectivity index (χ2v) is 4.95. The van der Waals surface area contributed by atoms with E-state index in [-0.39, 0.29) is 11.3 Å². The van der Waals surface area contributed by atoms with Gasteiger partial charge in [0.1, 0.15) is 5.75 Å². The lowest BCUT2D eigenvalue weighted by Gasteiger charge is -2.18. The Morgan fingerprint density at radius 1 is 0.962 bits per heavy atom. The molecule has 8 nitrogen and oxygen atoms in total. The zero-order valence-electron chi connectivity index (χ0n) is 14.1. The summed E-state index contributed by atoms with van der Waals surface area (Å²) >= 11 is 0. The number of para-hydroxylation sites is 1. The van der Waals surface area contributed by atoms with Crippen LogP contribution in [-0.2, 0) is 14.3 Å². The van der Waals surface area contributed by atoms with E-state index in [4.69, 9.17) is 10.3 Å². The van der Waals surface area contributed by atoms with E-state index in [2.05, 4.69) is 9.53 Å². The van der Waals surface area contributed by atoms with Crippen molar-refractivity contribution < 1.29 is 28.6 Å². The third kappa shape index (κ3) is 3.82. The van der Waals surface area contributed by atoms with E-state index in [1.807, 2.05) is 0 Å². The number of ether oxygens (including phenoxy) is 2. The lowest BCUT2D eigenvalue weighted by molar-refractivity contribution is -0.139. The molecule has 0 aliphatic rings. The van der Waals surface area contributed by atoms with Crippen molar-refractivity contribution in [3.05, 3.63) is 65.7 Å². The van der Waals surface area contributed by atoms with Crippen molar-refractivity contribution >= 4 is 29.2 Å². The molecule has 0 N–H and O–H groups in total. The maximum Gasteiger partial charge on any atom is 0.463 e. The maximum absolute atomic E-state index is 12.9. The first-order chi connectivity index (χ1) is 12.5. The van der Waals surface area contributed by atoms with Crippen LogP contribution in [-0.4, -0.2) is 42.5 Å². The van der Waals surface area contributed by atoms with Crippen molar-refractivity contribution in [2.45, 2.75) is 0 Å². The van der Waals surface area contributed by atoms with Gasteiger partial charge in [0.2, 0.25) is 0 Å². The molecule has 2 aromatic rings. The van der Waals surface area contributed by atoms with Crippen LogP contribution >= 0.6 is 0 Å². The molecular weight excluding hydrogens is 338 g/mol. The highest BCUT2D eigenvalue weighted by Gasteiger charge is 2.39. The second kappa shape index (κ2) is 8.36. The van der Waals surface area contributed by atoms with Gasteiger partial charge in [-0.1, -0.05) is 18.2 Å². The van der Waals surface area contributed by atoms with Gasteiger partial charge in [0.25, 0.3) is 5.91 Å². The van der Waals surface area contributed by atoms with E-state index in [9.17, 15) is 14.4 Å². The van der Waals surface area contributed by atoms with Crippen molar-refractivity contribution in [1.82, 2.24) is 0 Å². The highest BCUT2D eigenvalue weighted by molar-refractivity contribution is 6.66. The van der Waals surface area contributed by atoms with Gasteiger partial charge >= 0.3 is 17.6 Å². The number of rotatable bonds is 5. The Balaban J connectivity index is 2.50. The molecule has 0 aliphatic heterocycles.